The SMILES string of the molecule is CCNC(=NCc1csc(N(C)C)n1)NCCOc1cccnc1.I. The Balaban J connectivity index is 0.00000312. The molecule has 0 saturated heterocycles. The zero-order chi connectivity index (χ0) is 17.2. The number of hydrogen-bond donors (Lipinski definition) is 2. The van der Waals surface area contributed by atoms with Crippen LogP contribution >= 0.6 is 35.3 Å². The Morgan fingerprint density at radius 3 is 2.84 bits per heavy atom. The highest BCUT2D eigenvalue weighted by Gasteiger charge is 2.04. The van der Waals surface area contributed by atoms with E-state index in [0.717, 1.165) is 29.1 Å². The minimum atomic E-state index is 0. The van der Waals surface area contributed by atoms with Crippen LogP contribution in [0.15, 0.2) is 34.9 Å². The summed E-state index contributed by atoms with van der Waals surface area (Å²) >= 11 is 1.62. The molecule has 2 aromatic heterocycles. The molecule has 0 saturated carbocycles. The lowest BCUT2D eigenvalue weighted by Gasteiger charge is -2.11. The van der Waals surface area contributed by atoms with Crippen LogP contribution in [0.25, 0.3) is 0 Å². The van der Waals surface area contributed by atoms with Crippen LogP contribution < -0.4 is 20.3 Å². The van der Waals surface area contributed by atoms with Crippen molar-refractivity contribution in [2.75, 3.05) is 38.7 Å². The summed E-state index contributed by atoms with van der Waals surface area (Å²) in [6.07, 6.45) is 3.42. The van der Waals surface area contributed by atoms with E-state index in [2.05, 4.69) is 25.6 Å². The molecular weight excluding hydrogens is 451 g/mol. The zero-order valence-corrected chi connectivity index (χ0v) is 17.9. The van der Waals surface area contributed by atoms with Crippen LogP contribution in [0.4, 0.5) is 5.13 Å². The van der Waals surface area contributed by atoms with E-state index < -0.39 is 0 Å². The molecular formula is C16H25IN6OS. The molecule has 0 aliphatic heterocycles. The van der Waals surface area contributed by atoms with Crippen LogP contribution in [0.3, 0.4) is 0 Å². The molecule has 9 heteroatoms. The van der Waals surface area contributed by atoms with Crippen LogP contribution in [0.5, 0.6) is 5.75 Å². The number of nitrogens with one attached hydrogen (secondary N) is 2. The fourth-order valence-corrected chi connectivity index (χ4v) is 2.60. The van der Waals surface area contributed by atoms with Gasteiger partial charge >= 0.3 is 0 Å². The number of thiazole rings is 1. The van der Waals surface area contributed by atoms with Crippen LogP contribution in [0.1, 0.15) is 12.6 Å². The molecule has 138 valence electrons. The molecule has 0 radical (unpaired) electrons. The second-order valence-electron chi connectivity index (χ2n) is 5.17. The minimum absolute atomic E-state index is 0. The van der Waals surface area contributed by atoms with Crippen molar-refractivity contribution < 1.29 is 4.74 Å². The van der Waals surface area contributed by atoms with E-state index in [1.54, 1.807) is 23.7 Å². The molecule has 0 fully saturated rings. The van der Waals surface area contributed by atoms with Crippen LogP contribution in [0, 0.1) is 0 Å². The van der Waals surface area contributed by atoms with Crippen LogP contribution in [-0.4, -0.2) is 49.7 Å². The average Bonchev–Trinajstić information content (AvgIpc) is 3.06. The number of hydrogen-bond acceptors (Lipinski definition) is 6. The van der Waals surface area contributed by atoms with Gasteiger partial charge in [0.25, 0.3) is 0 Å². The lowest BCUT2D eigenvalue weighted by atomic mass is 10.5. The van der Waals surface area contributed by atoms with Gasteiger partial charge in [0.1, 0.15) is 12.4 Å². The third-order valence-electron chi connectivity index (χ3n) is 2.96. The standard InChI is InChI=1S/C16H24N6OS.HI/c1-4-18-15(19-8-9-23-14-6-5-7-17-11-14)20-10-13-12-24-16(21-13)22(2)3;/h5-7,11-12H,4,8-10H2,1-3H3,(H2,18,19,20);1H. The number of ether oxygens (including phenoxy) is 1. The van der Waals surface area contributed by atoms with Crippen molar-refractivity contribution in [3.05, 3.63) is 35.6 Å². The number of halogens is 1. The third kappa shape index (κ3) is 7.86. The van der Waals surface area contributed by atoms with Crippen molar-refractivity contribution in [2.45, 2.75) is 13.5 Å². The minimum Gasteiger partial charge on any atom is -0.490 e. The molecule has 0 aromatic carbocycles. The van der Waals surface area contributed by atoms with Crippen molar-refractivity contribution in [1.82, 2.24) is 20.6 Å². The first-order chi connectivity index (χ1) is 11.7. The molecule has 2 heterocycles. The van der Waals surface area contributed by atoms with Gasteiger partial charge in [0.15, 0.2) is 11.1 Å². The predicted octanol–water partition coefficient (Wildman–Crippen LogP) is 2.36. The Kier molecular flexibility index (Phi) is 10.2. The Morgan fingerprint density at radius 1 is 1.36 bits per heavy atom. The van der Waals surface area contributed by atoms with Gasteiger partial charge in [-0.1, -0.05) is 0 Å². The van der Waals surface area contributed by atoms with Gasteiger partial charge in [-0.25, -0.2) is 9.98 Å². The number of nitrogens with zero attached hydrogens (tertiary/aromatic N) is 4. The van der Waals surface area contributed by atoms with Crippen molar-refractivity contribution >= 4 is 46.4 Å². The number of aromatic nitrogens is 2. The van der Waals surface area contributed by atoms with E-state index in [1.165, 1.54) is 0 Å². The molecule has 0 amide bonds. The summed E-state index contributed by atoms with van der Waals surface area (Å²) in [5.41, 5.74) is 0.965. The second-order valence-corrected chi connectivity index (χ2v) is 6.01. The molecule has 0 unspecified atom stereocenters. The maximum absolute atomic E-state index is 5.60. The first kappa shape index (κ1) is 21.4. The monoisotopic (exact) mass is 476 g/mol. The van der Waals surface area contributed by atoms with Gasteiger partial charge < -0.3 is 20.3 Å². The van der Waals surface area contributed by atoms with Crippen LogP contribution in [0.2, 0.25) is 0 Å². The van der Waals surface area contributed by atoms with Gasteiger partial charge in [-0.15, -0.1) is 35.3 Å². The summed E-state index contributed by atoms with van der Waals surface area (Å²) in [6, 6.07) is 3.74. The maximum Gasteiger partial charge on any atom is 0.191 e. The van der Waals surface area contributed by atoms with Gasteiger partial charge in [-0.05, 0) is 19.1 Å². The topological polar surface area (TPSA) is 74.7 Å². The Morgan fingerprint density at radius 2 is 2.20 bits per heavy atom. The van der Waals surface area contributed by atoms with Gasteiger partial charge in [-0.2, -0.15) is 0 Å². The first-order valence-corrected chi connectivity index (χ1v) is 8.73. The largest absolute Gasteiger partial charge is 0.490 e. The summed E-state index contributed by atoms with van der Waals surface area (Å²) < 4.78 is 5.60. The highest BCUT2D eigenvalue weighted by atomic mass is 127. The first-order valence-electron chi connectivity index (χ1n) is 7.85. The fourth-order valence-electron chi connectivity index (χ4n) is 1.85. The molecule has 0 aliphatic rings. The number of aliphatic imine (C=N–C) groups is 1. The summed E-state index contributed by atoms with van der Waals surface area (Å²) in [4.78, 5) is 15.1. The van der Waals surface area contributed by atoms with Crippen molar-refractivity contribution in [3.8, 4) is 5.75 Å². The van der Waals surface area contributed by atoms with Crippen LogP contribution in [-0.2, 0) is 6.54 Å². The van der Waals surface area contributed by atoms with Crippen molar-refractivity contribution in [3.63, 3.8) is 0 Å². The van der Waals surface area contributed by atoms with Crippen molar-refractivity contribution in [2.24, 2.45) is 4.99 Å². The summed E-state index contributed by atoms with van der Waals surface area (Å²) in [7, 11) is 3.97. The lowest BCUT2D eigenvalue weighted by Crippen LogP contribution is -2.39. The molecule has 0 spiro atoms. The average molecular weight is 476 g/mol. The number of pyridine rings is 1. The van der Waals surface area contributed by atoms with E-state index >= 15 is 0 Å². The third-order valence-corrected chi connectivity index (χ3v) is 4.02. The zero-order valence-electron chi connectivity index (χ0n) is 14.7. The maximum atomic E-state index is 5.60. The fraction of sp³-hybridized carbons (Fsp3) is 0.438. The summed E-state index contributed by atoms with van der Waals surface area (Å²) in [5, 5.41) is 9.49. The molecule has 25 heavy (non-hydrogen) atoms. The van der Waals surface area contributed by atoms with E-state index in [0.29, 0.717) is 19.7 Å². The van der Waals surface area contributed by atoms with Gasteiger partial charge in [0, 0.05) is 32.2 Å². The van der Waals surface area contributed by atoms with E-state index in [-0.39, 0.29) is 24.0 Å². The molecule has 2 N–H and O–H groups in total. The highest BCUT2D eigenvalue weighted by molar-refractivity contribution is 14.0. The lowest BCUT2D eigenvalue weighted by molar-refractivity contribution is 0.320. The Hall–Kier alpha value is -1.62. The molecule has 2 aromatic rings. The number of rotatable bonds is 8. The van der Waals surface area contributed by atoms with E-state index in [9.17, 15) is 0 Å². The molecule has 0 bridgehead atoms. The molecule has 0 atom stereocenters. The molecule has 2 rings (SSSR count). The normalized spacial score (nSPS) is 10.8. The molecule has 0 aliphatic carbocycles. The van der Waals surface area contributed by atoms with E-state index in [4.69, 9.17) is 4.74 Å². The highest BCUT2D eigenvalue weighted by Crippen LogP contribution is 2.18. The summed E-state index contributed by atoms with van der Waals surface area (Å²) in [5.74, 6) is 1.52. The van der Waals surface area contributed by atoms with Crippen molar-refractivity contribution in [1.29, 1.82) is 0 Å². The second kappa shape index (κ2) is 11.9. The number of anilines is 1. The Labute approximate surface area is 169 Å². The predicted molar refractivity (Wildman–Crippen MR) is 114 cm³/mol. The smallest absolute Gasteiger partial charge is 0.191 e. The van der Waals surface area contributed by atoms with E-state index in [1.807, 2.05) is 43.4 Å². The molecule has 7 nitrogen and oxygen atoms in total. The quantitative estimate of drug-likeness (QED) is 0.264. The van der Waals surface area contributed by atoms with Gasteiger partial charge in [0.2, 0.25) is 0 Å². The van der Waals surface area contributed by atoms with Gasteiger partial charge in [0.05, 0.1) is 25.0 Å². The summed E-state index contributed by atoms with van der Waals surface area (Å²) in [6.45, 7) is 4.58. The van der Waals surface area contributed by atoms with Gasteiger partial charge in [-0.3, -0.25) is 4.98 Å². The Bertz CT molecular complexity index is 635. The number of guanidine groups is 1.